The van der Waals surface area contributed by atoms with Gasteiger partial charge in [0, 0.05) is 0 Å². The highest BCUT2D eigenvalue weighted by Crippen LogP contribution is 2.26. The topological polar surface area (TPSA) is 55.8 Å². The van der Waals surface area contributed by atoms with E-state index in [1.54, 1.807) is 18.2 Å². The Morgan fingerprint density at radius 1 is 1.53 bits per heavy atom. The lowest BCUT2D eigenvalue weighted by atomic mass is 10.2. The van der Waals surface area contributed by atoms with Crippen LogP contribution >= 0.6 is 15.9 Å². The summed E-state index contributed by atoms with van der Waals surface area (Å²) in [6, 6.07) is 4.85. The number of rotatable bonds is 4. The summed E-state index contributed by atoms with van der Waals surface area (Å²) in [5.41, 5.74) is 0.445. The van der Waals surface area contributed by atoms with Gasteiger partial charge in [-0.15, -0.1) is 0 Å². The lowest BCUT2D eigenvalue weighted by molar-refractivity contribution is 0.0600. The second-order valence-corrected chi connectivity index (χ2v) is 3.56. The number of esters is 1. The maximum absolute atomic E-state index is 11.2. The molecule has 0 aliphatic carbocycles. The van der Waals surface area contributed by atoms with Gasteiger partial charge in [-0.2, -0.15) is 0 Å². The molecule has 0 spiro atoms. The van der Waals surface area contributed by atoms with E-state index in [1.165, 1.54) is 7.11 Å². The quantitative estimate of drug-likeness (QED) is 0.848. The molecule has 82 valence electrons. The van der Waals surface area contributed by atoms with Gasteiger partial charge in [-0.1, -0.05) is 0 Å². The lowest BCUT2D eigenvalue weighted by Crippen LogP contribution is -2.04. The summed E-state index contributed by atoms with van der Waals surface area (Å²) < 4.78 is 10.4. The molecule has 0 aliphatic rings. The summed E-state index contributed by atoms with van der Waals surface area (Å²) in [5, 5.41) is 8.58. The third-order valence-electron chi connectivity index (χ3n) is 1.70. The van der Waals surface area contributed by atoms with E-state index in [0.717, 1.165) is 0 Å². The van der Waals surface area contributed by atoms with Crippen LogP contribution in [0.4, 0.5) is 0 Å². The van der Waals surface area contributed by atoms with Crippen molar-refractivity contribution in [3.63, 3.8) is 0 Å². The normalized spacial score (nSPS) is 9.80. The van der Waals surface area contributed by atoms with Crippen molar-refractivity contribution in [1.29, 1.82) is 0 Å². The largest absolute Gasteiger partial charge is 0.490 e. The number of ether oxygens (including phenoxy) is 2. The maximum Gasteiger partial charge on any atom is 0.337 e. The first-order valence-corrected chi connectivity index (χ1v) is 5.10. The highest BCUT2D eigenvalue weighted by atomic mass is 79.9. The van der Waals surface area contributed by atoms with Crippen molar-refractivity contribution in [2.45, 2.75) is 0 Å². The van der Waals surface area contributed by atoms with Crippen LogP contribution in [0.1, 0.15) is 10.4 Å². The molecule has 0 radical (unpaired) electrons. The fraction of sp³-hybridized carbons (Fsp3) is 0.300. The number of hydrogen-bond donors (Lipinski definition) is 1. The van der Waals surface area contributed by atoms with Crippen LogP contribution in [0.3, 0.4) is 0 Å². The molecule has 15 heavy (non-hydrogen) atoms. The van der Waals surface area contributed by atoms with Gasteiger partial charge in [0.15, 0.2) is 0 Å². The first kappa shape index (κ1) is 12.0. The third-order valence-corrected chi connectivity index (χ3v) is 2.32. The number of hydrogen-bond acceptors (Lipinski definition) is 4. The van der Waals surface area contributed by atoms with Crippen molar-refractivity contribution in [2.24, 2.45) is 0 Å². The Bertz CT molecular complexity index is 351. The van der Waals surface area contributed by atoms with E-state index >= 15 is 0 Å². The van der Waals surface area contributed by atoms with Crippen molar-refractivity contribution in [3.05, 3.63) is 28.2 Å². The number of aliphatic hydroxyl groups excluding tert-OH is 1. The molecule has 1 aromatic rings. The Balaban J connectivity index is 2.83. The minimum absolute atomic E-state index is 0.0504. The van der Waals surface area contributed by atoms with Crippen molar-refractivity contribution in [3.8, 4) is 5.75 Å². The summed E-state index contributed by atoms with van der Waals surface area (Å²) >= 11 is 3.26. The molecule has 0 saturated carbocycles. The van der Waals surface area contributed by atoms with Crippen molar-refractivity contribution < 1.29 is 19.4 Å². The first-order chi connectivity index (χ1) is 7.19. The number of carbonyl (C=O) groups excluding carboxylic acids is 1. The van der Waals surface area contributed by atoms with E-state index in [2.05, 4.69) is 20.7 Å². The van der Waals surface area contributed by atoms with Crippen LogP contribution in [0.15, 0.2) is 22.7 Å². The van der Waals surface area contributed by atoms with Gasteiger partial charge in [-0.05, 0) is 34.1 Å². The van der Waals surface area contributed by atoms with E-state index < -0.39 is 5.97 Å². The van der Waals surface area contributed by atoms with E-state index in [9.17, 15) is 4.79 Å². The number of carbonyl (C=O) groups is 1. The van der Waals surface area contributed by atoms with Crippen LogP contribution in [0.5, 0.6) is 5.75 Å². The molecule has 0 unspecified atom stereocenters. The average molecular weight is 275 g/mol. The number of methoxy groups -OCH3 is 1. The average Bonchev–Trinajstić information content (AvgIpc) is 2.26. The lowest BCUT2D eigenvalue weighted by Gasteiger charge is -2.07. The highest BCUT2D eigenvalue weighted by Gasteiger charge is 2.08. The molecule has 0 fully saturated rings. The predicted molar refractivity (Wildman–Crippen MR) is 58.1 cm³/mol. The molecule has 0 saturated heterocycles. The van der Waals surface area contributed by atoms with Crippen molar-refractivity contribution >= 4 is 21.9 Å². The molecule has 0 amide bonds. The van der Waals surface area contributed by atoms with E-state index in [0.29, 0.717) is 15.8 Å². The summed E-state index contributed by atoms with van der Waals surface area (Å²) in [4.78, 5) is 11.2. The fourth-order valence-electron chi connectivity index (χ4n) is 1.02. The van der Waals surface area contributed by atoms with Crippen LogP contribution < -0.4 is 4.74 Å². The molecule has 1 rings (SSSR count). The highest BCUT2D eigenvalue weighted by molar-refractivity contribution is 9.10. The van der Waals surface area contributed by atoms with Gasteiger partial charge >= 0.3 is 5.97 Å². The second-order valence-electron chi connectivity index (χ2n) is 2.71. The zero-order valence-corrected chi connectivity index (χ0v) is 9.78. The van der Waals surface area contributed by atoms with Gasteiger partial charge in [0.25, 0.3) is 0 Å². The molecule has 1 N–H and O–H groups in total. The maximum atomic E-state index is 11.2. The smallest absolute Gasteiger partial charge is 0.337 e. The van der Waals surface area contributed by atoms with Gasteiger partial charge in [0.05, 0.1) is 23.8 Å². The Morgan fingerprint density at radius 2 is 2.27 bits per heavy atom. The molecule has 1 aromatic carbocycles. The third kappa shape index (κ3) is 3.21. The molecule has 0 heterocycles. The van der Waals surface area contributed by atoms with Crippen molar-refractivity contribution in [2.75, 3.05) is 20.3 Å². The summed E-state index contributed by atoms with van der Waals surface area (Å²) in [6.07, 6.45) is 0. The second kappa shape index (κ2) is 5.72. The number of benzene rings is 1. The first-order valence-electron chi connectivity index (χ1n) is 4.30. The van der Waals surface area contributed by atoms with E-state index in [4.69, 9.17) is 9.84 Å². The SMILES string of the molecule is COC(=O)c1ccc(OCCO)c(Br)c1. The van der Waals surface area contributed by atoms with E-state index in [-0.39, 0.29) is 13.2 Å². The number of halogens is 1. The van der Waals surface area contributed by atoms with Crippen LogP contribution in [0.25, 0.3) is 0 Å². The molecule has 4 nitrogen and oxygen atoms in total. The van der Waals surface area contributed by atoms with Gasteiger partial charge in [0.1, 0.15) is 12.4 Å². The van der Waals surface area contributed by atoms with Crippen LogP contribution in [0, 0.1) is 0 Å². The minimum atomic E-state index is -0.399. The summed E-state index contributed by atoms with van der Waals surface area (Å²) in [7, 11) is 1.33. The predicted octanol–water partition coefficient (Wildman–Crippen LogP) is 1.61. The molecule has 0 aliphatic heterocycles. The van der Waals surface area contributed by atoms with Gasteiger partial charge in [-0.3, -0.25) is 0 Å². The van der Waals surface area contributed by atoms with Gasteiger partial charge in [-0.25, -0.2) is 4.79 Å². The van der Waals surface area contributed by atoms with E-state index in [1.807, 2.05) is 0 Å². The summed E-state index contributed by atoms with van der Waals surface area (Å²) in [6.45, 7) is 0.168. The summed E-state index contributed by atoms with van der Waals surface area (Å²) in [5.74, 6) is 0.182. The standard InChI is InChI=1S/C10H11BrO4/c1-14-10(13)7-2-3-9(8(11)6-7)15-5-4-12/h2-3,6,12H,4-5H2,1H3. The fourth-order valence-corrected chi connectivity index (χ4v) is 1.51. The monoisotopic (exact) mass is 274 g/mol. The number of aliphatic hydroxyl groups is 1. The van der Waals surface area contributed by atoms with Crippen LogP contribution in [-0.2, 0) is 4.74 Å². The Labute approximate surface area is 95.9 Å². The van der Waals surface area contributed by atoms with Crippen LogP contribution in [-0.4, -0.2) is 31.4 Å². The zero-order chi connectivity index (χ0) is 11.3. The Morgan fingerprint density at radius 3 is 2.80 bits per heavy atom. The zero-order valence-electron chi connectivity index (χ0n) is 8.20. The molecular weight excluding hydrogens is 264 g/mol. The van der Waals surface area contributed by atoms with Gasteiger partial charge < -0.3 is 14.6 Å². The Kier molecular flexibility index (Phi) is 4.58. The molecule has 0 bridgehead atoms. The molecule has 0 atom stereocenters. The van der Waals surface area contributed by atoms with Crippen LogP contribution in [0.2, 0.25) is 0 Å². The van der Waals surface area contributed by atoms with Crippen molar-refractivity contribution in [1.82, 2.24) is 0 Å². The molecular formula is C10H11BrO4. The van der Waals surface area contributed by atoms with Gasteiger partial charge in [0.2, 0.25) is 0 Å². The molecule has 5 heteroatoms. The Hall–Kier alpha value is -1.07. The molecule has 0 aromatic heterocycles. The minimum Gasteiger partial charge on any atom is -0.490 e.